The third-order valence-electron chi connectivity index (χ3n) is 4.41. The Morgan fingerprint density at radius 3 is 2.57 bits per heavy atom. The maximum Gasteiger partial charge on any atom is 0.249 e. The molecule has 2 heterocycles. The number of hydrogen-bond acceptors (Lipinski definition) is 3. The van der Waals surface area contributed by atoms with Crippen LogP contribution in [0, 0.1) is 0 Å². The van der Waals surface area contributed by atoms with Crippen LogP contribution in [0.3, 0.4) is 0 Å². The van der Waals surface area contributed by atoms with Crippen molar-refractivity contribution in [3.63, 3.8) is 0 Å². The monoisotopic (exact) mass is 292 g/mol. The second-order valence-electron chi connectivity index (χ2n) is 5.89. The molecular formula is C15H24N4O2. The van der Waals surface area contributed by atoms with Gasteiger partial charge in [0.15, 0.2) is 0 Å². The van der Waals surface area contributed by atoms with Crippen LogP contribution in [0.5, 0.6) is 0 Å². The number of hydrogen-bond donors (Lipinski definition) is 1. The average Bonchev–Trinajstić information content (AvgIpc) is 2.82. The Bertz CT molecular complexity index is 566. The van der Waals surface area contributed by atoms with Crippen LogP contribution in [0.2, 0.25) is 0 Å². The molecule has 2 amide bonds. The molecule has 2 atom stereocenters. The molecule has 0 aliphatic carbocycles. The first-order chi connectivity index (χ1) is 9.82. The zero-order chi connectivity index (χ0) is 15.8. The Hall–Kier alpha value is -1.85. The summed E-state index contributed by atoms with van der Waals surface area (Å²) in [5.41, 5.74) is 1.13. The van der Waals surface area contributed by atoms with Gasteiger partial charge in [0, 0.05) is 7.05 Å². The fourth-order valence-electron chi connectivity index (χ4n) is 2.58. The summed E-state index contributed by atoms with van der Waals surface area (Å²) in [6.07, 6.45) is 1.43. The highest BCUT2D eigenvalue weighted by molar-refractivity contribution is 5.99. The van der Waals surface area contributed by atoms with E-state index in [0.717, 1.165) is 17.8 Å². The fourth-order valence-corrected chi connectivity index (χ4v) is 2.58. The SMILES string of the molecule is CCc1cc(CN2C(=O)C(C)(CC)NC(=O)C2C)n(C)n1. The zero-order valence-corrected chi connectivity index (χ0v) is 13.4. The molecule has 0 spiro atoms. The van der Waals surface area contributed by atoms with Crippen molar-refractivity contribution in [1.29, 1.82) is 0 Å². The fraction of sp³-hybridized carbons (Fsp3) is 0.667. The number of amides is 2. The van der Waals surface area contributed by atoms with Crippen molar-refractivity contribution in [2.45, 2.75) is 58.7 Å². The highest BCUT2D eigenvalue weighted by Crippen LogP contribution is 2.23. The molecule has 116 valence electrons. The Kier molecular flexibility index (Phi) is 4.07. The minimum Gasteiger partial charge on any atom is -0.340 e. The molecular weight excluding hydrogens is 268 g/mol. The highest BCUT2D eigenvalue weighted by atomic mass is 16.2. The van der Waals surface area contributed by atoms with Crippen molar-refractivity contribution < 1.29 is 9.59 Å². The van der Waals surface area contributed by atoms with E-state index >= 15 is 0 Å². The third-order valence-corrected chi connectivity index (χ3v) is 4.41. The summed E-state index contributed by atoms with van der Waals surface area (Å²) < 4.78 is 1.79. The molecule has 1 aromatic heterocycles. The van der Waals surface area contributed by atoms with Gasteiger partial charge in [0.25, 0.3) is 0 Å². The van der Waals surface area contributed by atoms with E-state index in [-0.39, 0.29) is 11.8 Å². The first kappa shape index (κ1) is 15.5. The molecule has 0 radical (unpaired) electrons. The van der Waals surface area contributed by atoms with E-state index in [1.54, 1.807) is 23.4 Å². The Morgan fingerprint density at radius 2 is 2.05 bits per heavy atom. The molecule has 0 bridgehead atoms. The quantitative estimate of drug-likeness (QED) is 0.900. The molecule has 2 rings (SSSR count). The van der Waals surface area contributed by atoms with E-state index in [2.05, 4.69) is 10.4 Å². The van der Waals surface area contributed by atoms with Crippen LogP contribution < -0.4 is 5.32 Å². The minimum absolute atomic E-state index is 0.0312. The van der Waals surface area contributed by atoms with Gasteiger partial charge in [-0.1, -0.05) is 13.8 Å². The second kappa shape index (κ2) is 5.50. The number of aromatic nitrogens is 2. The van der Waals surface area contributed by atoms with Gasteiger partial charge in [-0.15, -0.1) is 0 Å². The Balaban J connectivity index is 2.29. The van der Waals surface area contributed by atoms with Crippen LogP contribution in [0.25, 0.3) is 0 Å². The Labute approximate surface area is 125 Å². The van der Waals surface area contributed by atoms with Crippen molar-refractivity contribution in [3.8, 4) is 0 Å². The van der Waals surface area contributed by atoms with Crippen LogP contribution in [0.4, 0.5) is 0 Å². The number of rotatable bonds is 4. The molecule has 21 heavy (non-hydrogen) atoms. The molecule has 1 aromatic rings. The van der Waals surface area contributed by atoms with Crippen LogP contribution in [-0.4, -0.2) is 38.1 Å². The standard InChI is InChI=1S/C15H24N4O2/c1-6-11-8-12(18(5)17-11)9-19-10(3)13(20)16-15(4,7-2)14(19)21/h8,10H,6-7,9H2,1-5H3,(H,16,20). The van der Waals surface area contributed by atoms with Crippen LogP contribution >= 0.6 is 0 Å². The van der Waals surface area contributed by atoms with Gasteiger partial charge in [0.05, 0.1) is 17.9 Å². The maximum atomic E-state index is 12.7. The van der Waals surface area contributed by atoms with Gasteiger partial charge in [-0.3, -0.25) is 14.3 Å². The molecule has 2 unspecified atom stereocenters. The number of aryl methyl sites for hydroxylation is 2. The largest absolute Gasteiger partial charge is 0.340 e. The third kappa shape index (κ3) is 2.66. The van der Waals surface area contributed by atoms with Gasteiger partial charge in [-0.25, -0.2) is 0 Å². The molecule has 1 fully saturated rings. The van der Waals surface area contributed by atoms with Gasteiger partial charge in [-0.05, 0) is 32.8 Å². The van der Waals surface area contributed by atoms with E-state index in [1.165, 1.54) is 0 Å². The lowest BCUT2D eigenvalue weighted by Gasteiger charge is -2.42. The van der Waals surface area contributed by atoms with Crippen LogP contribution in [0.15, 0.2) is 6.07 Å². The summed E-state index contributed by atoms with van der Waals surface area (Å²) in [7, 11) is 1.87. The first-order valence-electron chi connectivity index (χ1n) is 7.47. The van der Waals surface area contributed by atoms with Crippen LogP contribution in [0.1, 0.15) is 45.5 Å². The van der Waals surface area contributed by atoms with E-state index in [0.29, 0.717) is 13.0 Å². The number of carbonyl (C=O) groups excluding carboxylic acids is 2. The number of piperazine rings is 1. The number of nitrogens with one attached hydrogen (secondary N) is 1. The molecule has 1 N–H and O–H groups in total. The predicted molar refractivity (Wildman–Crippen MR) is 79.4 cm³/mol. The average molecular weight is 292 g/mol. The molecule has 6 heteroatoms. The summed E-state index contributed by atoms with van der Waals surface area (Å²) in [5, 5.41) is 7.23. The highest BCUT2D eigenvalue weighted by Gasteiger charge is 2.45. The van der Waals surface area contributed by atoms with E-state index < -0.39 is 11.6 Å². The summed E-state index contributed by atoms with van der Waals surface area (Å²) in [6.45, 7) is 7.91. The zero-order valence-electron chi connectivity index (χ0n) is 13.4. The Morgan fingerprint density at radius 1 is 1.38 bits per heavy atom. The summed E-state index contributed by atoms with van der Waals surface area (Å²) in [6, 6.07) is 1.53. The minimum atomic E-state index is -0.810. The first-order valence-corrected chi connectivity index (χ1v) is 7.47. The predicted octanol–water partition coefficient (Wildman–Crippen LogP) is 0.998. The van der Waals surface area contributed by atoms with E-state index in [4.69, 9.17) is 0 Å². The lowest BCUT2D eigenvalue weighted by molar-refractivity contribution is -0.154. The topological polar surface area (TPSA) is 67.2 Å². The van der Waals surface area contributed by atoms with Gasteiger partial charge < -0.3 is 10.2 Å². The number of carbonyl (C=O) groups is 2. The van der Waals surface area contributed by atoms with Crippen molar-refractivity contribution in [1.82, 2.24) is 20.0 Å². The van der Waals surface area contributed by atoms with Crippen molar-refractivity contribution >= 4 is 11.8 Å². The van der Waals surface area contributed by atoms with E-state index in [1.807, 2.05) is 27.0 Å². The number of nitrogens with zero attached hydrogens (tertiary/aromatic N) is 3. The lowest BCUT2D eigenvalue weighted by Crippen LogP contribution is -2.68. The van der Waals surface area contributed by atoms with E-state index in [9.17, 15) is 9.59 Å². The van der Waals surface area contributed by atoms with Crippen molar-refractivity contribution in [3.05, 3.63) is 17.5 Å². The molecule has 1 saturated heterocycles. The van der Waals surface area contributed by atoms with Crippen molar-refractivity contribution in [2.75, 3.05) is 0 Å². The second-order valence-corrected chi connectivity index (χ2v) is 5.89. The molecule has 1 aliphatic rings. The maximum absolute atomic E-state index is 12.7. The normalized spacial score (nSPS) is 26.1. The molecule has 6 nitrogen and oxygen atoms in total. The molecule has 0 aromatic carbocycles. The summed E-state index contributed by atoms with van der Waals surface area (Å²) in [4.78, 5) is 26.5. The molecule has 1 aliphatic heterocycles. The molecule has 0 saturated carbocycles. The smallest absolute Gasteiger partial charge is 0.249 e. The van der Waals surface area contributed by atoms with Gasteiger partial charge >= 0.3 is 0 Å². The van der Waals surface area contributed by atoms with Crippen molar-refractivity contribution in [2.24, 2.45) is 7.05 Å². The van der Waals surface area contributed by atoms with Gasteiger partial charge in [0.2, 0.25) is 11.8 Å². The van der Waals surface area contributed by atoms with Crippen LogP contribution in [-0.2, 0) is 29.6 Å². The summed E-state index contributed by atoms with van der Waals surface area (Å²) in [5.74, 6) is -0.131. The summed E-state index contributed by atoms with van der Waals surface area (Å²) >= 11 is 0. The van der Waals surface area contributed by atoms with Gasteiger partial charge in [0.1, 0.15) is 11.6 Å². The lowest BCUT2D eigenvalue weighted by atomic mass is 9.92. The van der Waals surface area contributed by atoms with Gasteiger partial charge in [-0.2, -0.15) is 5.10 Å².